The van der Waals surface area contributed by atoms with Gasteiger partial charge in [0.1, 0.15) is 0 Å². The predicted octanol–water partition coefficient (Wildman–Crippen LogP) is 2.69. The molecule has 4 nitrogen and oxygen atoms in total. The van der Waals surface area contributed by atoms with Crippen LogP contribution in [0.25, 0.3) is 0 Å². The van der Waals surface area contributed by atoms with Crippen molar-refractivity contribution in [2.24, 2.45) is 28.5 Å². The first-order chi connectivity index (χ1) is 11.1. The first kappa shape index (κ1) is 15.7. The van der Waals surface area contributed by atoms with Crippen molar-refractivity contribution in [3.8, 4) is 0 Å². The Kier molecular flexibility index (Phi) is 4.29. The Hall–Kier alpha value is -0.770. The number of likely N-dealkylation sites (tertiary alicyclic amines) is 1. The van der Waals surface area contributed by atoms with Gasteiger partial charge in [0, 0.05) is 19.1 Å². The molecule has 0 aromatic rings. The molecule has 0 spiro atoms. The molecule has 1 aliphatic heterocycles. The first-order valence-corrected chi connectivity index (χ1v) is 9.91. The molecule has 1 saturated heterocycles. The van der Waals surface area contributed by atoms with Gasteiger partial charge >= 0.3 is 0 Å². The number of hydrogen-bond donors (Lipinski definition) is 1. The van der Waals surface area contributed by atoms with E-state index in [0.717, 1.165) is 36.7 Å². The summed E-state index contributed by atoms with van der Waals surface area (Å²) in [5, 5.41) is 0. The Labute approximate surface area is 141 Å². The highest BCUT2D eigenvalue weighted by Gasteiger charge is 2.53. The van der Waals surface area contributed by atoms with E-state index in [2.05, 4.69) is 16.8 Å². The van der Waals surface area contributed by atoms with Crippen molar-refractivity contribution in [2.45, 2.75) is 63.3 Å². The van der Waals surface area contributed by atoms with E-state index in [1.807, 2.05) is 0 Å². The molecule has 1 heterocycles. The van der Waals surface area contributed by atoms with Gasteiger partial charge in [0.15, 0.2) is 5.96 Å². The molecule has 5 rings (SSSR count). The fraction of sp³-hybridized carbons (Fsp3) is 0.947. The van der Waals surface area contributed by atoms with E-state index in [0.29, 0.717) is 5.54 Å². The first-order valence-electron chi connectivity index (χ1n) is 9.91. The van der Waals surface area contributed by atoms with E-state index in [-0.39, 0.29) is 0 Å². The third-order valence-electron chi connectivity index (χ3n) is 7.17. The van der Waals surface area contributed by atoms with Gasteiger partial charge in [-0.15, -0.1) is 0 Å². The average Bonchev–Trinajstić information content (AvgIpc) is 3.02. The van der Waals surface area contributed by atoms with Crippen LogP contribution in [0.15, 0.2) is 4.99 Å². The molecule has 2 N–H and O–H groups in total. The monoisotopic (exact) mass is 318 g/mol. The summed E-state index contributed by atoms with van der Waals surface area (Å²) in [4.78, 5) is 9.68. The fourth-order valence-electron chi connectivity index (χ4n) is 6.32. The lowest BCUT2D eigenvalue weighted by Crippen LogP contribution is -2.61. The quantitative estimate of drug-likeness (QED) is 0.481. The molecule has 0 unspecified atom stereocenters. The Morgan fingerprint density at radius 3 is 2.22 bits per heavy atom. The van der Waals surface area contributed by atoms with E-state index in [9.17, 15) is 0 Å². The van der Waals surface area contributed by atoms with Crippen LogP contribution in [0.3, 0.4) is 0 Å². The molecule has 4 saturated carbocycles. The molecule has 4 heteroatoms. The molecular formula is C19H34N4. The molecule has 4 bridgehead atoms. The second-order valence-electron chi connectivity index (χ2n) is 8.84. The number of nitrogens with two attached hydrogens (primary N) is 1. The van der Waals surface area contributed by atoms with Crippen LogP contribution in [0.2, 0.25) is 0 Å². The van der Waals surface area contributed by atoms with Gasteiger partial charge < -0.3 is 15.5 Å². The van der Waals surface area contributed by atoms with E-state index >= 15 is 0 Å². The molecule has 23 heavy (non-hydrogen) atoms. The number of rotatable bonds is 5. The smallest absolute Gasteiger partial charge is 0.191 e. The maximum Gasteiger partial charge on any atom is 0.191 e. The molecule has 130 valence electrons. The summed E-state index contributed by atoms with van der Waals surface area (Å²) in [6, 6.07) is 0. The fourth-order valence-corrected chi connectivity index (χ4v) is 6.32. The molecule has 5 aliphatic rings. The van der Waals surface area contributed by atoms with E-state index < -0.39 is 0 Å². The molecule has 0 atom stereocenters. The standard InChI is InChI=1S/C19H34N4/c1-22(18(20)21-5-4-8-23-6-2-3-7-23)19-12-15-9-16(13-19)11-17(10-15)14-19/h15-17H,2-14H2,1H3,(H2,20,21). The molecule has 5 fully saturated rings. The van der Waals surface area contributed by atoms with Crippen molar-refractivity contribution in [1.82, 2.24) is 9.80 Å². The zero-order chi connectivity index (χ0) is 15.9. The minimum atomic E-state index is 0.345. The lowest BCUT2D eigenvalue weighted by molar-refractivity contribution is -0.0550. The average molecular weight is 319 g/mol. The number of aliphatic imine (C=N–C) groups is 1. The third kappa shape index (κ3) is 3.11. The van der Waals surface area contributed by atoms with Crippen molar-refractivity contribution < 1.29 is 0 Å². The minimum absolute atomic E-state index is 0.345. The van der Waals surface area contributed by atoms with Crippen molar-refractivity contribution in [2.75, 3.05) is 33.2 Å². The van der Waals surface area contributed by atoms with E-state index in [4.69, 9.17) is 10.7 Å². The molecule has 0 radical (unpaired) electrons. The maximum atomic E-state index is 6.40. The summed E-state index contributed by atoms with van der Waals surface area (Å²) < 4.78 is 0. The maximum absolute atomic E-state index is 6.40. The van der Waals surface area contributed by atoms with Gasteiger partial charge in [0.05, 0.1) is 0 Å². The summed E-state index contributed by atoms with van der Waals surface area (Å²) in [7, 11) is 2.21. The van der Waals surface area contributed by atoms with Crippen LogP contribution in [0.4, 0.5) is 0 Å². The molecule has 0 aromatic heterocycles. The second-order valence-corrected chi connectivity index (χ2v) is 8.84. The molecule has 0 amide bonds. The zero-order valence-corrected chi connectivity index (χ0v) is 14.8. The van der Waals surface area contributed by atoms with Crippen LogP contribution < -0.4 is 5.73 Å². The van der Waals surface area contributed by atoms with Crippen LogP contribution >= 0.6 is 0 Å². The summed E-state index contributed by atoms with van der Waals surface area (Å²) in [6.45, 7) is 4.65. The second kappa shape index (κ2) is 6.27. The Balaban J connectivity index is 1.32. The van der Waals surface area contributed by atoms with E-state index in [1.165, 1.54) is 71.0 Å². The number of hydrogen-bond acceptors (Lipinski definition) is 2. The summed E-state index contributed by atoms with van der Waals surface area (Å²) in [6.07, 6.45) is 12.4. The Bertz CT molecular complexity index is 417. The lowest BCUT2D eigenvalue weighted by Gasteiger charge is -2.60. The topological polar surface area (TPSA) is 44.9 Å². The summed E-state index contributed by atoms with van der Waals surface area (Å²) in [5.74, 6) is 3.69. The Morgan fingerprint density at radius 2 is 1.65 bits per heavy atom. The van der Waals surface area contributed by atoms with Gasteiger partial charge in [-0.2, -0.15) is 0 Å². The van der Waals surface area contributed by atoms with Gasteiger partial charge in [0.25, 0.3) is 0 Å². The summed E-state index contributed by atoms with van der Waals surface area (Å²) in [5.41, 5.74) is 6.74. The molecule has 0 aromatic carbocycles. The normalized spacial score (nSPS) is 40.0. The highest BCUT2D eigenvalue weighted by Crippen LogP contribution is 2.57. The summed E-state index contributed by atoms with van der Waals surface area (Å²) >= 11 is 0. The lowest BCUT2D eigenvalue weighted by atomic mass is 9.52. The minimum Gasteiger partial charge on any atom is -0.370 e. The largest absolute Gasteiger partial charge is 0.370 e. The van der Waals surface area contributed by atoms with Gasteiger partial charge in [0.2, 0.25) is 0 Å². The highest BCUT2D eigenvalue weighted by atomic mass is 15.3. The highest BCUT2D eigenvalue weighted by molar-refractivity contribution is 5.78. The number of guanidine groups is 1. The van der Waals surface area contributed by atoms with Crippen molar-refractivity contribution >= 4 is 5.96 Å². The molecular weight excluding hydrogens is 284 g/mol. The number of nitrogens with zero attached hydrogens (tertiary/aromatic N) is 3. The van der Waals surface area contributed by atoms with Crippen LogP contribution in [0, 0.1) is 17.8 Å². The van der Waals surface area contributed by atoms with Crippen molar-refractivity contribution in [1.29, 1.82) is 0 Å². The van der Waals surface area contributed by atoms with Gasteiger partial charge in [-0.3, -0.25) is 4.99 Å². The van der Waals surface area contributed by atoms with Crippen LogP contribution in [0.5, 0.6) is 0 Å². The van der Waals surface area contributed by atoms with Gasteiger partial charge in [-0.25, -0.2) is 0 Å². The SMILES string of the molecule is CN(C(N)=NCCCN1CCCC1)C12CC3CC(CC(C3)C1)C2. The van der Waals surface area contributed by atoms with Crippen molar-refractivity contribution in [3.05, 3.63) is 0 Å². The van der Waals surface area contributed by atoms with Crippen LogP contribution in [-0.2, 0) is 0 Å². The zero-order valence-electron chi connectivity index (χ0n) is 14.8. The third-order valence-corrected chi connectivity index (χ3v) is 7.17. The van der Waals surface area contributed by atoms with Crippen LogP contribution in [-0.4, -0.2) is 54.5 Å². The molecule has 4 aliphatic carbocycles. The van der Waals surface area contributed by atoms with Crippen molar-refractivity contribution in [3.63, 3.8) is 0 Å². The Morgan fingerprint density at radius 1 is 1.09 bits per heavy atom. The predicted molar refractivity (Wildman–Crippen MR) is 95.4 cm³/mol. The van der Waals surface area contributed by atoms with Crippen LogP contribution in [0.1, 0.15) is 57.8 Å². The van der Waals surface area contributed by atoms with Gasteiger partial charge in [-0.05, 0) is 95.2 Å². The van der Waals surface area contributed by atoms with E-state index in [1.54, 1.807) is 0 Å². The van der Waals surface area contributed by atoms with Gasteiger partial charge in [-0.1, -0.05) is 0 Å².